The lowest BCUT2D eigenvalue weighted by molar-refractivity contribution is -0.131. The Morgan fingerprint density at radius 1 is 1.10 bits per heavy atom. The maximum absolute atomic E-state index is 13.4. The zero-order valence-electron chi connectivity index (χ0n) is 21.8. The van der Waals surface area contributed by atoms with Crippen LogP contribution >= 0.6 is 11.3 Å². The SMILES string of the molecule is CNCC(=O)N1CCC[C@@H](NC(=O)c2sc3nccc4c3c2NC(=O)N4c2ccc(Oc3ccccc3)cc2)C1. The van der Waals surface area contributed by atoms with Crippen molar-refractivity contribution in [2.75, 3.05) is 36.9 Å². The van der Waals surface area contributed by atoms with Gasteiger partial charge in [-0.2, -0.15) is 0 Å². The van der Waals surface area contributed by atoms with Gasteiger partial charge in [-0.1, -0.05) is 18.2 Å². The molecule has 2 aliphatic rings. The quantitative estimate of drug-likeness (QED) is 0.304. The highest BCUT2D eigenvalue weighted by Crippen LogP contribution is 2.45. The zero-order chi connectivity index (χ0) is 27.6. The van der Waals surface area contributed by atoms with Gasteiger partial charge >= 0.3 is 6.03 Å². The largest absolute Gasteiger partial charge is 0.457 e. The second kappa shape index (κ2) is 10.9. The van der Waals surface area contributed by atoms with Crippen LogP contribution in [0.2, 0.25) is 0 Å². The predicted molar refractivity (Wildman–Crippen MR) is 155 cm³/mol. The van der Waals surface area contributed by atoms with Crippen molar-refractivity contribution in [1.82, 2.24) is 20.5 Å². The number of nitrogens with one attached hydrogen (secondary N) is 3. The van der Waals surface area contributed by atoms with Gasteiger partial charge in [0.05, 0.1) is 29.0 Å². The molecule has 0 unspecified atom stereocenters. The number of carbonyl (C=O) groups is 3. The van der Waals surface area contributed by atoms with Crippen molar-refractivity contribution in [2.45, 2.75) is 18.9 Å². The van der Waals surface area contributed by atoms with Gasteiger partial charge in [0, 0.05) is 25.3 Å². The van der Waals surface area contributed by atoms with Crippen LogP contribution in [0.15, 0.2) is 66.9 Å². The van der Waals surface area contributed by atoms with E-state index in [-0.39, 0.29) is 30.4 Å². The number of urea groups is 1. The first-order valence-corrected chi connectivity index (χ1v) is 13.9. The number of piperidine rings is 1. The van der Waals surface area contributed by atoms with Crippen LogP contribution < -0.4 is 25.6 Å². The fourth-order valence-corrected chi connectivity index (χ4v) is 6.15. The molecule has 10 nitrogen and oxygen atoms in total. The standard InChI is InChI=1S/C29H28N6O4S/c1-30-16-23(36)34-15-5-6-18(17-34)32-27(37)26-25-24-22(13-14-31-28(24)40-26)35(29(38)33-25)19-9-11-21(12-10-19)39-20-7-3-2-4-8-20/h2-4,7-14,18,30H,5-6,15-17H2,1H3,(H,32,37)(H,33,38)/t18-/m1/s1. The van der Waals surface area contributed by atoms with E-state index < -0.39 is 0 Å². The second-order valence-corrected chi connectivity index (χ2v) is 10.7. The molecule has 4 amide bonds. The topological polar surface area (TPSA) is 116 Å². The molecule has 1 saturated heterocycles. The van der Waals surface area contributed by atoms with Crippen LogP contribution in [0.25, 0.3) is 10.2 Å². The number of hydrogen-bond acceptors (Lipinski definition) is 7. The third-order valence-corrected chi connectivity index (χ3v) is 8.06. The maximum atomic E-state index is 13.4. The molecule has 0 spiro atoms. The van der Waals surface area contributed by atoms with E-state index in [0.717, 1.165) is 24.0 Å². The van der Waals surface area contributed by atoms with E-state index in [1.54, 1.807) is 29.1 Å². The smallest absolute Gasteiger partial charge is 0.331 e. The lowest BCUT2D eigenvalue weighted by Gasteiger charge is -2.33. The molecular formula is C29H28N6O4S. The first kappa shape index (κ1) is 25.8. The lowest BCUT2D eigenvalue weighted by atomic mass is 10.1. The summed E-state index contributed by atoms with van der Waals surface area (Å²) in [5.74, 6) is 1.10. The summed E-state index contributed by atoms with van der Waals surface area (Å²) in [6.45, 7) is 1.40. The Balaban J connectivity index is 1.24. The molecule has 40 heavy (non-hydrogen) atoms. The van der Waals surface area contributed by atoms with Gasteiger partial charge in [-0.3, -0.25) is 14.5 Å². The number of hydrogen-bond donors (Lipinski definition) is 3. The van der Waals surface area contributed by atoms with Crippen LogP contribution in [0.5, 0.6) is 11.5 Å². The minimum absolute atomic E-state index is 0.0132. The molecule has 2 aromatic heterocycles. The highest BCUT2D eigenvalue weighted by molar-refractivity contribution is 7.21. The van der Waals surface area contributed by atoms with E-state index in [1.807, 2.05) is 54.6 Å². The molecule has 2 aliphatic heterocycles. The van der Waals surface area contributed by atoms with E-state index >= 15 is 0 Å². The number of carbonyl (C=O) groups excluding carboxylic acids is 3. The molecule has 2 aromatic carbocycles. The Morgan fingerprint density at radius 3 is 2.65 bits per heavy atom. The number of nitrogens with zero attached hydrogens (tertiary/aromatic N) is 3. The highest BCUT2D eigenvalue weighted by atomic mass is 32.1. The number of likely N-dealkylation sites (N-methyl/N-ethyl adjacent to an activating group) is 1. The predicted octanol–water partition coefficient (Wildman–Crippen LogP) is 4.71. The minimum Gasteiger partial charge on any atom is -0.457 e. The van der Waals surface area contributed by atoms with Crippen molar-refractivity contribution in [3.63, 3.8) is 0 Å². The monoisotopic (exact) mass is 556 g/mol. The fraction of sp³-hybridized carbons (Fsp3) is 0.241. The number of likely N-dealkylation sites (tertiary alicyclic amines) is 1. The van der Waals surface area contributed by atoms with Crippen molar-refractivity contribution in [1.29, 1.82) is 0 Å². The Bertz CT molecular complexity index is 1570. The van der Waals surface area contributed by atoms with Crippen LogP contribution in [0, 0.1) is 0 Å². The molecule has 0 saturated carbocycles. The van der Waals surface area contributed by atoms with Gasteiger partial charge in [0.15, 0.2) is 0 Å². The summed E-state index contributed by atoms with van der Waals surface area (Å²) >= 11 is 1.24. The van der Waals surface area contributed by atoms with Crippen LogP contribution in [0.3, 0.4) is 0 Å². The molecule has 4 heterocycles. The van der Waals surface area contributed by atoms with Crippen molar-refractivity contribution < 1.29 is 19.1 Å². The van der Waals surface area contributed by atoms with E-state index in [1.165, 1.54) is 11.3 Å². The van der Waals surface area contributed by atoms with Crippen LogP contribution in [0.4, 0.5) is 21.9 Å². The molecule has 0 aliphatic carbocycles. The normalized spacial score (nSPS) is 16.5. The van der Waals surface area contributed by atoms with E-state index in [2.05, 4.69) is 20.9 Å². The van der Waals surface area contributed by atoms with Gasteiger partial charge in [-0.05, 0) is 62.4 Å². The summed E-state index contributed by atoms with van der Waals surface area (Å²) in [5.41, 5.74) is 1.77. The summed E-state index contributed by atoms with van der Waals surface area (Å²) in [6, 6.07) is 18.0. The Labute approximate surface area is 234 Å². The third-order valence-electron chi connectivity index (χ3n) is 6.96. The number of thiophene rings is 1. The summed E-state index contributed by atoms with van der Waals surface area (Å²) in [5, 5.41) is 9.61. The van der Waals surface area contributed by atoms with Gasteiger partial charge in [0.2, 0.25) is 5.91 Å². The second-order valence-electron chi connectivity index (χ2n) is 9.67. The van der Waals surface area contributed by atoms with Crippen molar-refractivity contribution >= 4 is 56.5 Å². The van der Waals surface area contributed by atoms with Crippen molar-refractivity contribution in [2.24, 2.45) is 0 Å². The molecule has 6 rings (SSSR count). The summed E-state index contributed by atoms with van der Waals surface area (Å²) in [6.07, 6.45) is 3.24. The Hall–Kier alpha value is -4.48. The molecule has 0 radical (unpaired) electrons. The number of ether oxygens (including phenoxy) is 1. The van der Waals surface area contributed by atoms with Gasteiger partial charge in [0.25, 0.3) is 5.91 Å². The van der Waals surface area contributed by atoms with Gasteiger partial charge in [0.1, 0.15) is 21.2 Å². The Kier molecular flexibility index (Phi) is 7.06. The first-order valence-electron chi connectivity index (χ1n) is 13.1. The molecular weight excluding hydrogens is 528 g/mol. The minimum atomic E-state index is -0.370. The van der Waals surface area contributed by atoms with E-state index in [0.29, 0.717) is 45.6 Å². The third kappa shape index (κ3) is 4.96. The van der Waals surface area contributed by atoms with Crippen LogP contribution in [0.1, 0.15) is 22.5 Å². The number of amides is 4. The average molecular weight is 557 g/mol. The van der Waals surface area contributed by atoms with Crippen molar-refractivity contribution in [3.05, 3.63) is 71.7 Å². The molecule has 204 valence electrons. The molecule has 3 N–H and O–H groups in total. The van der Waals surface area contributed by atoms with Crippen molar-refractivity contribution in [3.8, 4) is 11.5 Å². The summed E-state index contributed by atoms with van der Waals surface area (Å²) in [7, 11) is 1.74. The summed E-state index contributed by atoms with van der Waals surface area (Å²) < 4.78 is 5.89. The maximum Gasteiger partial charge on any atom is 0.331 e. The number of para-hydroxylation sites is 1. The molecule has 1 fully saturated rings. The molecule has 4 aromatic rings. The number of rotatable bonds is 7. The van der Waals surface area contributed by atoms with Gasteiger partial charge in [-0.15, -0.1) is 11.3 Å². The number of anilines is 3. The number of benzene rings is 2. The molecule has 1 atom stereocenters. The Morgan fingerprint density at radius 2 is 1.88 bits per heavy atom. The molecule has 0 bridgehead atoms. The van der Waals surface area contributed by atoms with E-state index in [9.17, 15) is 14.4 Å². The average Bonchev–Trinajstić information content (AvgIpc) is 3.34. The van der Waals surface area contributed by atoms with Gasteiger partial charge < -0.3 is 25.6 Å². The first-order chi connectivity index (χ1) is 19.5. The summed E-state index contributed by atoms with van der Waals surface area (Å²) in [4.78, 5) is 48.0. The molecule has 11 heteroatoms. The highest BCUT2D eigenvalue weighted by Gasteiger charge is 2.34. The van der Waals surface area contributed by atoms with Crippen LogP contribution in [-0.4, -0.2) is 60.5 Å². The zero-order valence-corrected chi connectivity index (χ0v) is 22.7. The number of pyridine rings is 1. The van der Waals surface area contributed by atoms with Gasteiger partial charge in [-0.25, -0.2) is 9.78 Å². The lowest BCUT2D eigenvalue weighted by Crippen LogP contribution is -2.51. The number of aromatic nitrogens is 1. The van der Waals surface area contributed by atoms with E-state index in [4.69, 9.17) is 4.74 Å². The van der Waals surface area contributed by atoms with Crippen LogP contribution in [-0.2, 0) is 4.79 Å². The fourth-order valence-electron chi connectivity index (χ4n) is 5.12.